The van der Waals surface area contributed by atoms with E-state index in [-0.39, 0.29) is 0 Å². The molecule has 0 radical (unpaired) electrons. The average Bonchev–Trinajstić information content (AvgIpc) is 2.17. The molecule has 0 aromatic rings. The quantitative estimate of drug-likeness (QED) is 0.688. The van der Waals surface area contributed by atoms with Gasteiger partial charge in [-0.1, -0.05) is 20.8 Å². The van der Waals surface area contributed by atoms with E-state index in [2.05, 4.69) is 39.5 Å². The molecule has 80 valence electrons. The topological polar surface area (TPSA) is 29.3 Å². The van der Waals surface area contributed by atoms with E-state index in [0.717, 1.165) is 13.1 Å². The molecule has 0 aliphatic heterocycles. The Hall–Kier alpha value is -0.0800. The Balaban J connectivity index is 4.21. The van der Waals surface area contributed by atoms with Gasteiger partial charge in [-0.25, -0.2) is 0 Å². The summed E-state index contributed by atoms with van der Waals surface area (Å²) in [4.78, 5) is 2.54. The third kappa shape index (κ3) is 3.65. The fourth-order valence-electron chi connectivity index (χ4n) is 1.76. The van der Waals surface area contributed by atoms with Gasteiger partial charge in [0.25, 0.3) is 0 Å². The van der Waals surface area contributed by atoms with Gasteiger partial charge in [0, 0.05) is 12.1 Å². The van der Waals surface area contributed by atoms with E-state index in [1.54, 1.807) is 0 Å². The van der Waals surface area contributed by atoms with Crippen LogP contribution in [-0.4, -0.2) is 30.1 Å². The summed E-state index contributed by atoms with van der Waals surface area (Å²) in [6.07, 6.45) is 1.22. The van der Waals surface area contributed by atoms with E-state index >= 15 is 0 Å². The Labute approximate surface area is 83.5 Å². The van der Waals surface area contributed by atoms with Crippen molar-refractivity contribution >= 4 is 0 Å². The van der Waals surface area contributed by atoms with Gasteiger partial charge in [-0.15, -0.1) is 0 Å². The van der Waals surface area contributed by atoms with Gasteiger partial charge in [-0.3, -0.25) is 4.90 Å². The van der Waals surface area contributed by atoms with Crippen LogP contribution < -0.4 is 5.73 Å². The molecule has 0 aromatic heterocycles. The van der Waals surface area contributed by atoms with Crippen molar-refractivity contribution in [1.82, 2.24) is 4.90 Å². The highest BCUT2D eigenvalue weighted by Crippen LogP contribution is 2.14. The molecule has 0 amide bonds. The number of hydrogen-bond donors (Lipinski definition) is 1. The predicted octanol–water partition coefficient (Wildman–Crippen LogP) is 2.09. The zero-order valence-electron chi connectivity index (χ0n) is 9.88. The molecular weight excluding hydrogens is 160 g/mol. The molecule has 0 rings (SSSR count). The highest BCUT2D eigenvalue weighted by molar-refractivity contribution is 4.76. The van der Waals surface area contributed by atoms with Crippen LogP contribution in [-0.2, 0) is 0 Å². The number of nitrogens with two attached hydrogens (primary N) is 1. The molecule has 0 saturated heterocycles. The Morgan fingerprint density at radius 3 is 2.00 bits per heavy atom. The third-order valence-corrected chi connectivity index (χ3v) is 3.24. The summed E-state index contributed by atoms with van der Waals surface area (Å²) in [6, 6.07) is 1.28. The van der Waals surface area contributed by atoms with Gasteiger partial charge in [0.1, 0.15) is 0 Å². The smallest absolute Gasteiger partial charge is 0.0107 e. The summed E-state index contributed by atoms with van der Waals surface area (Å²) in [5.41, 5.74) is 5.68. The Morgan fingerprint density at radius 1 is 1.15 bits per heavy atom. The van der Waals surface area contributed by atoms with E-state index in [9.17, 15) is 0 Å². The Bertz CT molecular complexity index is 125. The zero-order chi connectivity index (χ0) is 10.4. The van der Waals surface area contributed by atoms with E-state index in [0.29, 0.717) is 18.0 Å². The van der Waals surface area contributed by atoms with Gasteiger partial charge < -0.3 is 5.73 Å². The minimum absolute atomic E-state index is 0.592. The first-order valence-electron chi connectivity index (χ1n) is 5.54. The highest BCUT2D eigenvalue weighted by Gasteiger charge is 2.20. The molecule has 13 heavy (non-hydrogen) atoms. The van der Waals surface area contributed by atoms with Gasteiger partial charge in [0.15, 0.2) is 0 Å². The Kier molecular flexibility index (Phi) is 6.35. The first-order chi connectivity index (χ1) is 6.08. The normalized spacial score (nSPS) is 18.7. The molecule has 0 fully saturated rings. The fraction of sp³-hybridized carbons (Fsp3) is 1.00. The largest absolute Gasteiger partial charge is 0.330 e. The lowest BCUT2D eigenvalue weighted by Gasteiger charge is -2.36. The van der Waals surface area contributed by atoms with E-state index in [1.807, 2.05) is 0 Å². The minimum atomic E-state index is 0.592. The molecule has 0 bridgehead atoms. The number of hydrogen-bond acceptors (Lipinski definition) is 2. The summed E-state index contributed by atoms with van der Waals surface area (Å²) in [7, 11) is 0. The SMILES string of the molecule is CCC(C)N(CC)C(C)C(C)CN. The highest BCUT2D eigenvalue weighted by atomic mass is 15.2. The summed E-state index contributed by atoms with van der Waals surface area (Å²) >= 11 is 0. The molecule has 2 nitrogen and oxygen atoms in total. The summed E-state index contributed by atoms with van der Waals surface area (Å²) in [5, 5.41) is 0. The maximum absolute atomic E-state index is 5.68. The second kappa shape index (κ2) is 6.39. The van der Waals surface area contributed by atoms with Crippen LogP contribution in [0.5, 0.6) is 0 Å². The fourth-order valence-corrected chi connectivity index (χ4v) is 1.76. The second-order valence-corrected chi connectivity index (χ2v) is 4.04. The second-order valence-electron chi connectivity index (χ2n) is 4.04. The van der Waals surface area contributed by atoms with Gasteiger partial charge >= 0.3 is 0 Å². The summed E-state index contributed by atoms with van der Waals surface area (Å²) < 4.78 is 0. The lowest BCUT2D eigenvalue weighted by molar-refractivity contribution is 0.122. The lowest BCUT2D eigenvalue weighted by Crippen LogP contribution is -2.44. The minimum Gasteiger partial charge on any atom is -0.330 e. The van der Waals surface area contributed by atoms with Crippen molar-refractivity contribution in [3.63, 3.8) is 0 Å². The molecule has 0 aliphatic rings. The standard InChI is InChI=1S/C11H26N2/c1-6-10(4)13(7-2)11(5)9(3)8-12/h9-11H,6-8,12H2,1-5H3. The monoisotopic (exact) mass is 186 g/mol. The van der Waals surface area contributed by atoms with Gasteiger partial charge in [0.2, 0.25) is 0 Å². The van der Waals surface area contributed by atoms with Crippen molar-refractivity contribution in [2.75, 3.05) is 13.1 Å². The molecule has 2 N–H and O–H groups in total. The molecule has 3 unspecified atom stereocenters. The molecule has 0 heterocycles. The molecule has 0 spiro atoms. The lowest BCUT2D eigenvalue weighted by atomic mass is 10.0. The van der Waals surface area contributed by atoms with Gasteiger partial charge in [-0.2, -0.15) is 0 Å². The van der Waals surface area contributed by atoms with Crippen molar-refractivity contribution in [3.05, 3.63) is 0 Å². The van der Waals surface area contributed by atoms with Gasteiger partial charge in [0.05, 0.1) is 0 Å². The van der Waals surface area contributed by atoms with Crippen LogP contribution in [0.25, 0.3) is 0 Å². The first kappa shape index (κ1) is 12.9. The van der Waals surface area contributed by atoms with E-state index in [1.165, 1.54) is 6.42 Å². The van der Waals surface area contributed by atoms with Crippen LogP contribution in [0, 0.1) is 5.92 Å². The third-order valence-electron chi connectivity index (χ3n) is 3.24. The van der Waals surface area contributed by atoms with Gasteiger partial charge in [-0.05, 0) is 39.3 Å². The van der Waals surface area contributed by atoms with E-state index in [4.69, 9.17) is 5.73 Å². The number of nitrogens with zero attached hydrogens (tertiary/aromatic N) is 1. The van der Waals surface area contributed by atoms with Crippen molar-refractivity contribution in [1.29, 1.82) is 0 Å². The first-order valence-corrected chi connectivity index (χ1v) is 5.54. The molecule has 0 aliphatic carbocycles. The van der Waals surface area contributed by atoms with Crippen LogP contribution in [0.4, 0.5) is 0 Å². The van der Waals surface area contributed by atoms with E-state index < -0.39 is 0 Å². The van der Waals surface area contributed by atoms with Crippen molar-refractivity contribution < 1.29 is 0 Å². The Morgan fingerprint density at radius 2 is 1.69 bits per heavy atom. The number of rotatable bonds is 6. The predicted molar refractivity (Wildman–Crippen MR) is 59.8 cm³/mol. The molecule has 3 atom stereocenters. The maximum Gasteiger partial charge on any atom is 0.0107 e. The van der Waals surface area contributed by atoms with Crippen LogP contribution in [0.3, 0.4) is 0 Å². The zero-order valence-corrected chi connectivity index (χ0v) is 9.88. The van der Waals surface area contributed by atoms with Crippen LogP contribution in [0.1, 0.15) is 41.0 Å². The van der Waals surface area contributed by atoms with Crippen molar-refractivity contribution in [3.8, 4) is 0 Å². The van der Waals surface area contributed by atoms with Crippen LogP contribution in [0.2, 0.25) is 0 Å². The van der Waals surface area contributed by atoms with Crippen LogP contribution >= 0.6 is 0 Å². The summed E-state index contributed by atoms with van der Waals surface area (Å²) in [6.45, 7) is 13.2. The molecular formula is C11H26N2. The maximum atomic E-state index is 5.68. The molecule has 0 saturated carbocycles. The molecule has 2 heteroatoms. The molecule has 0 aromatic carbocycles. The van der Waals surface area contributed by atoms with Crippen molar-refractivity contribution in [2.45, 2.75) is 53.1 Å². The van der Waals surface area contributed by atoms with Crippen molar-refractivity contribution in [2.24, 2.45) is 11.7 Å². The van der Waals surface area contributed by atoms with Crippen LogP contribution in [0.15, 0.2) is 0 Å². The summed E-state index contributed by atoms with van der Waals surface area (Å²) in [5.74, 6) is 0.592. The average molecular weight is 186 g/mol.